The molecular weight excluding hydrogens is 1380 g/mol. The van der Waals surface area contributed by atoms with Crippen LogP contribution in [0.1, 0.15) is 98.0 Å². The van der Waals surface area contributed by atoms with Crippen LogP contribution in [0.5, 0.6) is 0 Å². The SMILES string of the molecule is CN1CC2CN([C@H]3CO[C@H](c4cc(F)ccc4F)[C@@H](N)C3)CC2C1.COC(=O)N1CC2CN([C@H]3CO[C@H](c4cc(F)ccc4F)[C@@H](N)C3)CC2C1.N[C@H]1C[C@@H](N2CC3CN(C(=O)C4CC4)CC3C2)CO[C@@H]1c1cc(F)ccc1F.N[C@H]1C[C@@H](N2CC3CN(CC4CC4)CC3C2)CO[C@@H]1c1cc(F)ccc1F. The number of nitrogens with two attached hydrogens (primary N) is 4. The zero-order chi connectivity index (χ0) is 73.9. The van der Waals surface area contributed by atoms with E-state index in [2.05, 4.69) is 41.3 Å². The molecule has 0 spiro atoms. The number of hydrogen-bond acceptors (Lipinski definition) is 17. The van der Waals surface area contributed by atoms with Gasteiger partial charge in [-0.3, -0.25) is 24.4 Å². The van der Waals surface area contributed by atoms with E-state index in [1.807, 2.05) is 0 Å². The van der Waals surface area contributed by atoms with Gasteiger partial charge in [0.2, 0.25) is 5.91 Å². The maximum absolute atomic E-state index is 14.1. The number of methoxy groups -OCH3 is 1. The van der Waals surface area contributed by atoms with Crippen LogP contribution in [-0.4, -0.2) is 251 Å². The number of amides is 2. The van der Waals surface area contributed by atoms with Crippen LogP contribution in [0.15, 0.2) is 72.8 Å². The van der Waals surface area contributed by atoms with Crippen LogP contribution in [0, 0.1) is 106 Å². The Bertz CT molecular complexity index is 3690. The summed E-state index contributed by atoms with van der Waals surface area (Å²) in [6.07, 6.45) is 5.21. The molecule has 4 aromatic rings. The largest absolute Gasteiger partial charge is 0.453 e. The molecule has 14 fully saturated rings. The fraction of sp³-hybridized carbons (Fsp3) is 0.671. The van der Waals surface area contributed by atoms with E-state index >= 15 is 0 Å². The van der Waals surface area contributed by atoms with E-state index in [1.54, 1.807) is 4.90 Å². The molecule has 0 bridgehead atoms. The Hall–Kier alpha value is -5.50. The van der Waals surface area contributed by atoms with Gasteiger partial charge in [0.1, 0.15) is 71.0 Å². The Balaban J connectivity index is 0.000000113. The fourth-order valence-electron chi connectivity index (χ4n) is 20.1. The molecule has 2 aliphatic carbocycles. The molecule has 12 heterocycles. The van der Waals surface area contributed by atoms with E-state index in [9.17, 15) is 44.7 Å². The van der Waals surface area contributed by atoms with E-state index in [1.165, 1.54) is 63.9 Å². The predicted octanol–water partition coefficient (Wildman–Crippen LogP) is 7.69. The predicted molar refractivity (Wildman–Crippen MR) is 380 cm³/mol. The van der Waals surface area contributed by atoms with Crippen LogP contribution < -0.4 is 22.9 Å². The molecule has 106 heavy (non-hydrogen) atoms. The lowest BCUT2D eigenvalue weighted by molar-refractivity contribution is -0.132. The summed E-state index contributed by atoms with van der Waals surface area (Å²) in [6, 6.07) is 13.3. The lowest BCUT2D eigenvalue weighted by Crippen LogP contribution is -2.49. The second-order valence-electron chi connectivity index (χ2n) is 33.6. The van der Waals surface area contributed by atoms with Crippen LogP contribution in [0.25, 0.3) is 0 Å². The minimum absolute atomic E-state index is 0.157. The first-order chi connectivity index (χ1) is 51.0. The van der Waals surface area contributed by atoms with Gasteiger partial charge in [-0.25, -0.2) is 39.9 Å². The molecule has 12 saturated heterocycles. The number of nitrogens with zero attached hydrogens (tertiary/aromatic N) is 8. The van der Waals surface area contributed by atoms with E-state index < -0.39 is 77.0 Å². The normalized spacial score (nSPS) is 36.3. The third-order valence-corrected chi connectivity index (χ3v) is 25.9. The minimum atomic E-state index is -0.631. The van der Waals surface area contributed by atoms with Gasteiger partial charge >= 0.3 is 6.09 Å². The van der Waals surface area contributed by atoms with E-state index in [0.29, 0.717) is 87.9 Å². The molecule has 2 saturated carbocycles. The molecule has 12 aliphatic heterocycles. The highest BCUT2D eigenvalue weighted by Crippen LogP contribution is 2.44. The Kier molecular flexibility index (Phi) is 23.2. The summed E-state index contributed by atoms with van der Waals surface area (Å²) in [7, 11) is 3.59. The molecule has 4 aromatic carbocycles. The average Bonchev–Trinajstić information content (AvgIpc) is 1.61. The summed E-state index contributed by atoms with van der Waals surface area (Å²) < 4.78 is 139. The summed E-state index contributed by atoms with van der Waals surface area (Å²) in [5.41, 5.74) is 26.1. The average molecular weight is 1490 g/mol. The van der Waals surface area contributed by atoms with Gasteiger partial charge in [-0.05, 0) is 184 Å². The number of rotatable bonds is 11. The third-order valence-electron chi connectivity index (χ3n) is 25.9. The van der Waals surface area contributed by atoms with Crippen molar-refractivity contribution < 1.29 is 68.4 Å². The van der Waals surface area contributed by atoms with Crippen molar-refractivity contribution in [2.45, 2.75) is 124 Å². The van der Waals surface area contributed by atoms with Gasteiger partial charge in [-0.2, -0.15) is 0 Å². The van der Waals surface area contributed by atoms with Crippen molar-refractivity contribution in [1.29, 1.82) is 0 Å². The van der Waals surface area contributed by atoms with Gasteiger partial charge in [0.15, 0.2) is 0 Å². The second kappa shape index (κ2) is 32.4. The van der Waals surface area contributed by atoms with Gasteiger partial charge in [-0.15, -0.1) is 0 Å². The first-order valence-electron chi connectivity index (χ1n) is 38.8. The van der Waals surface area contributed by atoms with Crippen LogP contribution in [0.2, 0.25) is 0 Å². The van der Waals surface area contributed by atoms with Crippen molar-refractivity contribution in [3.8, 4) is 0 Å². The maximum Gasteiger partial charge on any atom is 0.409 e. The maximum atomic E-state index is 14.1. The molecule has 20 atom stereocenters. The highest BCUT2D eigenvalue weighted by molar-refractivity contribution is 5.81. The lowest BCUT2D eigenvalue weighted by atomic mass is 9.93. The van der Waals surface area contributed by atoms with E-state index in [0.717, 1.165) is 182 Å². The molecule has 27 heteroatoms. The summed E-state index contributed by atoms with van der Waals surface area (Å²) >= 11 is 0. The van der Waals surface area contributed by atoms with E-state index in [-0.39, 0.29) is 70.6 Å². The van der Waals surface area contributed by atoms with Crippen molar-refractivity contribution in [2.75, 3.05) is 152 Å². The summed E-state index contributed by atoms with van der Waals surface area (Å²) in [4.78, 5) is 42.7. The summed E-state index contributed by atoms with van der Waals surface area (Å²) in [5.74, 6) is 2.78. The zero-order valence-corrected chi connectivity index (χ0v) is 60.9. The Morgan fingerprint density at radius 3 is 0.953 bits per heavy atom. The van der Waals surface area contributed by atoms with Gasteiger partial charge in [0.05, 0.1) is 33.5 Å². The van der Waals surface area contributed by atoms with Crippen molar-refractivity contribution in [1.82, 2.24) is 39.2 Å². The summed E-state index contributed by atoms with van der Waals surface area (Å²) in [5, 5.41) is 0. The van der Waals surface area contributed by atoms with Crippen LogP contribution in [0.4, 0.5) is 39.9 Å². The molecule has 18 rings (SSSR count). The van der Waals surface area contributed by atoms with Crippen LogP contribution >= 0.6 is 0 Å². The number of carbonyl (C=O) groups is 2. The first-order valence-corrected chi connectivity index (χ1v) is 38.8. The van der Waals surface area contributed by atoms with Crippen molar-refractivity contribution in [3.63, 3.8) is 0 Å². The monoisotopic (exact) mass is 1490 g/mol. The smallest absolute Gasteiger partial charge is 0.409 e. The second-order valence-corrected chi connectivity index (χ2v) is 33.6. The first kappa shape index (κ1) is 75.9. The van der Waals surface area contributed by atoms with Crippen LogP contribution in [0.3, 0.4) is 0 Å². The molecule has 14 aliphatic rings. The number of likely N-dealkylation sites (tertiary alicyclic amines) is 8. The number of benzene rings is 4. The van der Waals surface area contributed by atoms with E-state index in [4.69, 9.17) is 46.6 Å². The standard InChI is InChI=1S/C21H27F2N3O2.C21H29F2N3O.C19H25F2N3O3.C18H25F2N3O/c22-15-3-4-18(23)17(5-15)20-19(24)6-16(11-28-20)25-7-13-9-26(10-14(13)8-25)21(27)12-1-2-12;22-16-3-4-19(23)18(5-16)21-20(24)6-17(12-27-21)26-10-14-8-25(7-13-1-2-13)9-15(14)11-26;1-26-19(25)24-8-11-6-23(7-12(11)9-24)14-5-17(22)18(27-10-14)15-4-13(20)2-3-16(15)21;1-22-6-11-8-23(9-12(11)7-22)14-5-17(21)18(24-10-14)15-4-13(19)2-3-16(15)20/h3-5,12-14,16,19-20H,1-2,6-11,24H2;3-5,13-15,17,20-21H,1-2,6-12,24H2;2-4,11-12,14,17-18H,5-10,22H2,1H3;2-4,11-12,14,17-18H,5-10,21H2,1H3/t13?,14?,16-,19+,20-;14?,15?,17-,20+,21-;2*11?,12?,14-,17+,18-/m1111/s1. The molecule has 8 N–H and O–H groups in total. The number of ether oxygens (including phenoxy) is 5. The molecule has 19 nitrogen and oxygen atoms in total. The molecular formula is C79H106F8N12O7. The molecule has 0 aromatic heterocycles. The van der Waals surface area contributed by atoms with Crippen molar-refractivity contribution >= 4 is 12.0 Å². The molecule has 8 unspecified atom stereocenters. The van der Waals surface area contributed by atoms with Crippen molar-refractivity contribution in [3.05, 3.63) is 142 Å². The van der Waals surface area contributed by atoms with Crippen molar-refractivity contribution in [2.24, 2.45) is 82.1 Å². The number of hydrogen-bond donors (Lipinski definition) is 4. The van der Waals surface area contributed by atoms with Gasteiger partial charge in [-0.1, -0.05) is 0 Å². The minimum Gasteiger partial charge on any atom is -0.453 e. The molecule has 580 valence electrons. The lowest BCUT2D eigenvalue weighted by Gasteiger charge is -2.39. The number of carbonyl (C=O) groups excluding carboxylic acids is 2. The number of fused-ring (bicyclic) bond motifs is 4. The third kappa shape index (κ3) is 17.0. The molecule has 2 amide bonds. The van der Waals surface area contributed by atoms with Gasteiger partial charge in [0, 0.05) is 188 Å². The Labute approximate surface area is 616 Å². The Morgan fingerprint density at radius 2 is 0.679 bits per heavy atom. The highest BCUT2D eigenvalue weighted by atomic mass is 19.2. The Morgan fingerprint density at radius 1 is 0.396 bits per heavy atom. The fourth-order valence-corrected chi connectivity index (χ4v) is 20.1. The molecule has 0 radical (unpaired) electrons. The van der Waals surface area contributed by atoms with Crippen LogP contribution in [-0.2, 0) is 28.5 Å². The highest BCUT2D eigenvalue weighted by Gasteiger charge is 2.51. The summed E-state index contributed by atoms with van der Waals surface area (Å²) in [6.45, 7) is 19.3. The quantitative estimate of drug-likeness (QED) is 0.106. The number of halogens is 8. The van der Waals surface area contributed by atoms with Gasteiger partial charge in [0.25, 0.3) is 0 Å². The topological polar surface area (TPSA) is 210 Å². The van der Waals surface area contributed by atoms with Gasteiger partial charge < -0.3 is 66.2 Å². The zero-order valence-electron chi connectivity index (χ0n) is 60.9.